The number of hydrogen-bond donors (Lipinski definition) is 1. The highest BCUT2D eigenvalue weighted by Gasteiger charge is 2.17. The van der Waals surface area contributed by atoms with Gasteiger partial charge in [-0.25, -0.2) is 0 Å². The van der Waals surface area contributed by atoms with Crippen LogP contribution in [0, 0.1) is 5.92 Å². The molecule has 100 valence electrons. The number of halogens is 1. The lowest BCUT2D eigenvalue weighted by atomic mass is 10.0. The number of benzene rings is 1. The van der Waals surface area contributed by atoms with E-state index in [2.05, 4.69) is 26.1 Å². The first-order chi connectivity index (χ1) is 8.61. The van der Waals surface area contributed by atoms with Crippen molar-refractivity contribution in [1.82, 2.24) is 0 Å². The zero-order chi connectivity index (χ0) is 13.1. The molecule has 1 atom stereocenters. The quantitative estimate of drug-likeness (QED) is 0.898. The van der Waals surface area contributed by atoms with E-state index in [1.54, 1.807) is 0 Å². The number of rotatable bonds is 4. The van der Waals surface area contributed by atoms with Crippen molar-refractivity contribution in [2.45, 2.75) is 33.2 Å². The summed E-state index contributed by atoms with van der Waals surface area (Å²) in [6.45, 7) is 7.75. The van der Waals surface area contributed by atoms with Crippen molar-refractivity contribution in [3.63, 3.8) is 0 Å². The molecule has 18 heavy (non-hydrogen) atoms. The van der Waals surface area contributed by atoms with Crippen LogP contribution in [0.1, 0.15) is 27.2 Å². The van der Waals surface area contributed by atoms with Crippen LogP contribution in [0.15, 0.2) is 12.1 Å². The minimum Gasteiger partial charge on any atom is -0.486 e. The fraction of sp³-hybridized carbons (Fsp3) is 0.571. The summed E-state index contributed by atoms with van der Waals surface area (Å²) >= 11 is 6.27. The topological polar surface area (TPSA) is 30.5 Å². The van der Waals surface area contributed by atoms with Gasteiger partial charge in [-0.1, -0.05) is 32.4 Å². The van der Waals surface area contributed by atoms with Gasteiger partial charge in [-0.3, -0.25) is 0 Å². The molecule has 1 N–H and O–H groups in total. The highest BCUT2D eigenvalue weighted by atomic mass is 35.5. The summed E-state index contributed by atoms with van der Waals surface area (Å²) in [6, 6.07) is 4.16. The summed E-state index contributed by atoms with van der Waals surface area (Å²) in [5.41, 5.74) is 0.918. The molecule has 1 heterocycles. The summed E-state index contributed by atoms with van der Waals surface area (Å²) in [5, 5.41) is 4.16. The van der Waals surface area contributed by atoms with Crippen LogP contribution in [0.3, 0.4) is 0 Å². The van der Waals surface area contributed by atoms with E-state index in [-0.39, 0.29) is 0 Å². The third-order valence-corrected chi connectivity index (χ3v) is 3.53. The van der Waals surface area contributed by atoms with Crippen LogP contribution in [-0.4, -0.2) is 19.3 Å². The second kappa shape index (κ2) is 5.70. The number of hydrogen-bond acceptors (Lipinski definition) is 3. The largest absolute Gasteiger partial charge is 0.486 e. The molecule has 0 fully saturated rings. The fourth-order valence-corrected chi connectivity index (χ4v) is 2.32. The van der Waals surface area contributed by atoms with Crippen LogP contribution >= 0.6 is 11.6 Å². The summed E-state index contributed by atoms with van der Waals surface area (Å²) in [5.74, 6) is 2.06. The Bertz CT molecular complexity index is 421. The molecular formula is C14H20ClNO2. The lowest BCUT2D eigenvalue weighted by Crippen LogP contribution is -2.25. The van der Waals surface area contributed by atoms with Gasteiger partial charge in [0.15, 0.2) is 11.5 Å². The van der Waals surface area contributed by atoms with Crippen molar-refractivity contribution >= 4 is 17.3 Å². The van der Waals surface area contributed by atoms with Crippen LogP contribution in [0.25, 0.3) is 0 Å². The minimum atomic E-state index is 0.407. The third kappa shape index (κ3) is 2.83. The van der Waals surface area contributed by atoms with Crippen molar-refractivity contribution in [2.75, 3.05) is 18.5 Å². The molecule has 2 rings (SSSR count). The zero-order valence-electron chi connectivity index (χ0n) is 11.1. The Morgan fingerprint density at radius 2 is 1.83 bits per heavy atom. The van der Waals surface area contributed by atoms with Crippen molar-refractivity contribution < 1.29 is 9.47 Å². The molecule has 0 aromatic heterocycles. The first-order valence-electron chi connectivity index (χ1n) is 6.47. The van der Waals surface area contributed by atoms with E-state index in [4.69, 9.17) is 21.1 Å². The molecule has 1 aliphatic heterocycles. The molecule has 1 aromatic carbocycles. The maximum atomic E-state index is 6.27. The first kappa shape index (κ1) is 13.3. The van der Waals surface area contributed by atoms with Gasteiger partial charge in [-0.05, 0) is 12.3 Å². The van der Waals surface area contributed by atoms with Crippen LogP contribution in [0.2, 0.25) is 5.02 Å². The Kier molecular flexibility index (Phi) is 4.23. The molecule has 0 amide bonds. The van der Waals surface area contributed by atoms with Crippen molar-refractivity contribution in [3.8, 4) is 11.5 Å². The first-order valence-corrected chi connectivity index (χ1v) is 6.85. The van der Waals surface area contributed by atoms with Gasteiger partial charge in [0.05, 0.1) is 10.7 Å². The van der Waals surface area contributed by atoms with E-state index in [1.807, 2.05) is 12.1 Å². The normalized spacial score (nSPS) is 15.6. The molecule has 3 nitrogen and oxygen atoms in total. The monoisotopic (exact) mass is 269 g/mol. The average molecular weight is 270 g/mol. The van der Waals surface area contributed by atoms with E-state index in [0.29, 0.717) is 30.2 Å². The van der Waals surface area contributed by atoms with Crippen LogP contribution in [0.5, 0.6) is 11.5 Å². The Hall–Kier alpha value is -1.09. The van der Waals surface area contributed by atoms with Gasteiger partial charge in [-0.15, -0.1) is 0 Å². The zero-order valence-corrected chi connectivity index (χ0v) is 11.9. The predicted octanol–water partition coefficient (Wildman–Crippen LogP) is 3.96. The fourth-order valence-electron chi connectivity index (χ4n) is 2.11. The van der Waals surface area contributed by atoms with Gasteiger partial charge < -0.3 is 14.8 Å². The summed E-state index contributed by atoms with van der Waals surface area (Å²) in [6.07, 6.45) is 1.06. The van der Waals surface area contributed by atoms with Gasteiger partial charge in [0.2, 0.25) is 0 Å². The lowest BCUT2D eigenvalue weighted by molar-refractivity contribution is 0.171. The number of nitrogens with one attached hydrogen (secondary N) is 1. The van der Waals surface area contributed by atoms with E-state index < -0.39 is 0 Å². The summed E-state index contributed by atoms with van der Waals surface area (Å²) in [4.78, 5) is 0. The van der Waals surface area contributed by atoms with Gasteiger partial charge >= 0.3 is 0 Å². The Labute approximate surface area is 113 Å². The highest BCUT2D eigenvalue weighted by Crippen LogP contribution is 2.38. The van der Waals surface area contributed by atoms with E-state index in [0.717, 1.165) is 23.6 Å². The highest BCUT2D eigenvalue weighted by molar-refractivity contribution is 6.33. The second-order valence-electron chi connectivity index (χ2n) is 4.88. The molecule has 1 unspecified atom stereocenters. The molecular weight excluding hydrogens is 250 g/mol. The average Bonchev–Trinajstić information content (AvgIpc) is 2.35. The Balaban J connectivity index is 2.22. The molecule has 0 bridgehead atoms. The molecule has 4 heteroatoms. The third-order valence-electron chi connectivity index (χ3n) is 3.22. The number of anilines is 1. The molecule has 0 saturated heterocycles. The van der Waals surface area contributed by atoms with Crippen molar-refractivity contribution in [2.24, 2.45) is 5.92 Å². The maximum absolute atomic E-state index is 6.27. The van der Waals surface area contributed by atoms with Gasteiger partial charge in [0, 0.05) is 18.2 Å². The maximum Gasteiger partial charge on any atom is 0.163 e. The van der Waals surface area contributed by atoms with Gasteiger partial charge in [-0.2, -0.15) is 0 Å². The van der Waals surface area contributed by atoms with Crippen molar-refractivity contribution in [1.29, 1.82) is 0 Å². The lowest BCUT2D eigenvalue weighted by Gasteiger charge is -2.25. The molecule has 0 radical (unpaired) electrons. The molecule has 0 spiro atoms. The smallest absolute Gasteiger partial charge is 0.163 e. The summed E-state index contributed by atoms with van der Waals surface area (Å²) in [7, 11) is 0. The summed E-state index contributed by atoms with van der Waals surface area (Å²) < 4.78 is 11.1. The number of ether oxygens (including phenoxy) is 2. The Morgan fingerprint density at radius 1 is 1.22 bits per heavy atom. The van der Waals surface area contributed by atoms with Crippen LogP contribution < -0.4 is 14.8 Å². The second-order valence-corrected chi connectivity index (χ2v) is 5.29. The van der Waals surface area contributed by atoms with E-state index in [1.165, 1.54) is 0 Å². The van der Waals surface area contributed by atoms with Gasteiger partial charge in [0.1, 0.15) is 13.2 Å². The number of fused-ring (bicyclic) bond motifs is 1. The molecule has 1 aromatic rings. The predicted molar refractivity (Wildman–Crippen MR) is 75.0 cm³/mol. The van der Waals surface area contributed by atoms with E-state index in [9.17, 15) is 0 Å². The van der Waals surface area contributed by atoms with Gasteiger partial charge in [0.25, 0.3) is 0 Å². The van der Waals surface area contributed by atoms with Crippen molar-refractivity contribution in [3.05, 3.63) is 17.2 Å². The Morgan fingerprint density at radius 3 is 2.39 bits per heavy atom. The molecule has 1 aliphatic rings. The SMILES string of the molecule is CCC(Nc1cc2c(cc1Cl)OCCO2)C(C)C. The minimum absolute atomic E-state index is 0.407. The standard InChI is InChI=1S/C14H20ClNO2/c1-4-11(9(2)3)16-12-8-14-13(7-10(12)15)17-5-6-18-14/h7-9,11,16H,4-6H2,1-3H3. The van der Waals surface area contributed by atoms with E-state index >= 15 is 0 Å². The van der Waals surface area contributed by atoms with Crippen LogP contribution in [-0.2, 0) is 0 Å². The van der Waals surface area contributed by atoms with Crippen LogP contribution in [0.4, 0.5) is 5.69 Å². The molecule has 0 saturated carbocycles. The molecule has 0 aliphatic carbocycles.